The fourth-order valence-electron chi connectivity index (χ4n) is 2.75. The minimum atomic E-state index is 0.407. The molecule has 0 heterocycles. The molecule has 0 fully saturated rings. The lowest BCUT2D eigenvalue weighted by Crippen LogP contribution is -2.12. The van der Waals surface area contributed by atoms with E-state index < -0.39 is 0 Å². The van der Waals surface area contributed by atoms with Crippen LogP contribution >= 0.6 is 0 Å². The van der Waals surface area contributed by atoms with E-state index in [0.717, 1.165) is 6.42 Å². The van der Waals surface area contributed by atoms with Crippen LogP contribution in [0.1, 0.15) is 56.7 Å². The average molecular weight is 281 g/mol. The summed E-state index contributed by atoms with van der Waals surface area (Å²) in [5.74, 6) is 0. The Morgan fingerprint density at radius 3 is 2.29 bits per heavy atom. The predicted octanol–water partition coefficient (Wildman–Crippen LogP) is 5.98. The van der Waals surface area contributed by atoms with Gasteiger partial charge in [0.05, 0.1) is 6.04 Å². The van der Waals surface area contributed by atoms with Crippen LogP contribution in [-0.2, 0) is 6.42 Å². The van der Waals surface area contributed by atoms with E-state index in [9.17, 15) is 0 Å². The highest BCUT2D eigenvalue weighted by molar-refractivity contribution is 5.52. The van der Waals surface area contributed by atoms with Gasteiger partial charge in [-0.1, -0.05) is 81.6 Å². The molecule has 1 N–H and O–H groups in total. The third-order valence-electron chi connectivity index (χ3n) is 3.91. The van der Waals surface area contributed by atoms with Crippen molar-refractivity contribution in [1.29, 1.82) is 0 Å². The second-order valence-corrected chi connectivity index (χ2v) is 5.66. The Labute approximate surface area is 129 Å². The molecule has 0 spiro atoms. The first-order valence-electron chi connectivity index (χ1n) is 8.24. The second kappa shape index (κ2) is 8.51. The first-order chi connectivity index (χ1) is 10.3. The molecule has 1 atom stereocenters. The molecule has 0 aliphatic carbocycles. The van der Waals surface area contributed by atoms with Gasteiger partial charge in [0.2, 0.25) is 0 Å². The molecule has 1 unspecified atom stereocenters. The Balaban J connectivity index is 2.19. The number of hydrogen-bond donors (Lipinski definition) is 1. The number of rotatable bonds is 8. The number of unbranched alkanes of at least 4 members (excludes halogenated alkanes) is 1. The van der Waals surface area contributed by atoms with Crippen LogP contribution in [0.5, 0.6) is 0 Å². The zero-order valence-electron chi connectivity index (χ0n) is 13.3. The summed E-state index contributed by atoms with van der Waals surface area (Å²) >= 11 is 0. The Kier molecular flexibility index (Phi) is 6.33. The lowest BCUT2D eigenvalue weighted by atomic mass is 9.99. The summed E-state index contributed by atoms with van der Waals surface area (Å²) in [5.41, 5.74) is 4.11. The van der Waals surface area contributed by atoms with Crippen LogP contribution in [-0.4, -0.2) is 0 Å². The highest BCUT2D eigenvalue weighted by Gasteiger charge is 2.12. The molecule has 21 heavy (non-hydrogen) atoms. The second-order valence-electron chi connectivity index (χ2n) is 5.66. The molecule has 0 aliphatic heterocycles. The molecule has 0 radical (unpaired) electrons. The Hall–Kier alpha value is -1.76. The average Bonchev–Trinajstić information content (AvgIpc) is 2.54. The maximum absolute atomic E-state index is 3.78. The van der Waals surface area contributed by atoms with Crippen LogP contribution in [0, 0.1) is 0 Å². The van der Waals surface area contributed by atoms with Crippen molar-refractivity contribution in [3.8, 4) is 0 Å². The largest absolute Gasteiger partial charge is 0.378 e. The van der Waals surface area contributed by atoms with E-state index in [4.69, 9.17) is 0 Å². The van der Waals surface area contributed by atoms with Gasteiger partial charge in [-0.15, -0.1) is 0 Å². The summed E-state index contributed by atoms with van der Waals surface area (Å²) < 4.78 is 0. The maximum Gasteiger partial charge on any atom is 0.0513 e. The van der Waals surface area contributed by atoms with E-state index in [2.05, 4.69) is 73.8 Å². The fraction of sp³-hybridized carbons (Fsp3) is 0.400. The fourth-order valence-corrected chi connectivity index (χ4v) is 2.75. The van der Waals surface area contributed by atoms with Crippen molar-refractivity contribution in [2.45, 2.75) is 52.0 Å². The summed E-state index contributed by atoms with van der Waals surface area (Å²) in [6.07, 6.45) is 5.99. The first kappa shape index (κ1) is 15.6. The Morgan fingerprint density at radius 2 is 1.57 bits per heavy atom. The molecule has 0 aliphatic rings. The van der Waals surface area contributed by atoms with Gasteiger partial charge < -0.3 is 5.32 Å². The minimum absolute atomic E-state index is 0.407. The third-order valence-corrected chi connectivity index (χ3v) is 3.91. The van der Waals surface area contributed by atoms with Gasteiger partial charge in [0.1, 0.15) is 0 Å². The topological polar surface area (TPSA) is 12.0 Å². The molecule has 2 rings (SSSR count). The smallest absolute Gasteiger partial charge is 0.0513 e. The molecule has 0 aromatic heterocycles. The number of aryl methyl sites for hydroxylation is 1. The van der Waals surface area contributed by atoms with E-state index in [0.29, 0.717) is 6.04 Å². The van der Waals surface area contributed by atoms with Crippen molar-refractivity contribution >= 4 is 5.69 Å². The van der Waals surface area contributed by atoms with Crippen LogP contribution in [0.25, 0.3) is 0 Å². The normalized spacial score (nSPS) is 12.1. The maximum atomic E-state index is 3.78. The number of para-hydroxylation sites is 1. The number of nitrogens with one attached hydrogen (secondary N) is 1. The minimum Gasteiger partial charge on any atom is -0.378 e. The lowest BCUT2D eigenvalue weighted by molar-refractivity contribution is 0.633. The van der Waals surface area contributed by atoms with E-state index in [1.165, 1.54) is 42.5 Å². The number of hydrogen-bond acceptors (Lipinski definition) is 1. The highest BCUT2D eigenvalue weighted by Crippen LogP contribution is 2.27. The van der Waals surface area contributed by atoms with Crippen LogP contribution in [0.2, 0.25) is 0 Å². The predicted molar refractivity (Wildman–Crippen MR) is 92.8 cm³/mol. The van der Waals surface area contributed by atoms with Crippen LogP contribution in [0.15, 0.2) is 54.6 Å². The molecule has 1 nitrogen and oxygen atoms in total. The molecule has 0 saturated heterocycles. The molecule has 2 aromatic carbocycles. The van der Waals surface area contributed by atoms with E-state index in [1.54, 1.807) is 0 Å². The first-order valence-corrected chi connectivity index (χ1v) is 8.24. The monoisotopic (exact) mass is 281 g/mol. The van der Waals surface area contributed by atoms with E-state index >= 15 is 0 Å². The zero-order valence-corrected chi connectivity index (χ0v) is 13.3. The van der Waals surface area contributed by atoms with Gasteiger partial charge in [-0.25, -0.2) is 0 Å². The molecule has 1 heteroatoms. The molecule has 112 valence electrons. The molecule has 0 amide bonds. The number of anilines is 1. The van der Waals surface area contributed by atoms with Gasteiger partial charge >= 0.3 is 0 Å². The van der Waals surface area contributed by atoms with E-state index in [1.807, 2.05) is 0 Å². The van der Waals surface area contributed by atoms with Crippen LogP contribution < -0.4 is 5.32 Å². The lowest BCUT2D eigenvalue weighted by Gasteiger charge is -2.22. The Bertz CT molecular complexity index is 518. The van der Waals surface area contributed by atoms with Crippen molar-refractivity contribution in [3.05, 3.63) is 65.7 Å². The molecule has 0 bridgehead atoms. The van der Waals surface area contributed by atoms with Crippen molar-refractivity contribution < 1.29 is 0 Å². The van der Waals surface area contributed by atoms with Gasteiger partial charge in [0.25, 0.3) is 0 Å². The SMILES string of the molecule is CCCCC(Nc1ccccc1CCC)c1ccccc1. The van der Waals surface area contributed by atoms with Crippen LogP contribution in [0.4, 0.5) is 5.69 Å². The Morgan fingerprint density at radius 1 is 0.857 bits per heavy atom. The summed E-state index contributed by atoms with van der Waals surface area (Å²) in [6.45, 7) is 4.50. The highest BCUT2D eigenvalue weighted by atomic mass is 14.9. The molecule has 2 aromatic rings. The van der Waals surface area contributed by atoms with Crippen molar-refractivity contribution in [2.24, 2.45) is 0 Å². The van der Waals surface area contributed by atoms with Gasteiger partial charge in [0.15, 0.2) is 0 Å². The van der Waals surface area contributed by atoms with E-state index in [-0.39, 0.29) is 0 Å². The van der Waals surface area contributed by atoms with Gasteiger partial charge in [-0.05, 0) is 30.0 Å². The summed E-state index contributed by atoms with van der Waals surface area (Å²) in [4.78, 5) is 0. The zero-order chi connectivity index (χ0) is 14.9. The van der Waals surface area contributed by atoms with Crippen molar-refractivity contribution in [1.82, 2.24) is 0 Å². The standard InChI is InChI=1S/C20H27N/c1-3-5-15-19(18-12-7-6-8-13-18)21-20-16-10-9-14-17(20)11-4-2/h6-10,12-14,16,19,21H,3-5,11,15H2,1-2H3. The van der Waals surface area contributed by atoms with Gasteiger partial charge in [-0.2, -0.15) is 0 Å². The summed E-state index contributed by atoms with van der Waals surface area (Å²) in [6, 6.07) is 20.0. The molecular weight excluding hydrogens is 254 g/mol. The number of benzene rings is 2. The third kappa shape index (κ3) is 4.63. The quantitative estimate of drug-likeness (QED) is 0.627. The summed E-state index contributed by atoms with van der Waals surface area (Å²) in [5, 5.41) is 3.78. The summed E-state index contributed by atoms with van der Waals surface area (Å²) in [7, 11) is 0. The van der Waals surface area contributed by atoms with Gasteiger partial charge in [0, 0.05) is 5.69 Å². The van der Waals surface area contributed by atoms with Crippen molar-refractivity contribution in [2.75, 3.05) is 5.32 Å². The van der Waals surface area contributed by atoms with Crippen molar-refractivity contribution in [3.63, 3.8) is 0 Å². The molecule has 0 saturated carbocycles. The molecular formula is C20H27N. The van der Waals surface area contributed by atoms with Crippen LogP contribution in [0.3, 0.4) is 0 Å². The van der Waals surface area contributed by atoms with Gasteiger partial charge in [-0.3, -0.25) is 0 Å².